The van der Waals surface area contributed by atoms with Crippen molar-refractivity contribution in [3.8, 4) is 0 Å². The van der Waals surface area contributed by atoms with Gasteiger partial charge in [0, 0.05) is 5.57 Å². The van der Waals surface area contributed by atoms with Crippen molar-refractivity contribution in [2.75, 3.05) is 0 Å². The number of hydrogen-bond acceptors (Lipinski definition) is 2. The summed E-state index contributed by atoms with van der Waals surface area (Å²) in [5.74, 6) is 0.647. The Labute approximate surface area is 110 Å². The monoisotopic (exact) mass is 260 g/mol. The lowest BCUT2D eigenvalue weighted by molar-refractivity contribution is 0.0188. The van der Waals surface area contributed by atoms with Crippen LogP contribution in [0.25, 0.3) is 0 Å². The molecule has 0 aromatic heterocycles. The summed E-state index contributed by atoms with van der Waals surface area (Å²) >= 11 is 0. The van der Waals surface area contributed by atoms with Gasteiger partial charge in [-0.1, -0.05) is 50.0 Å². The molecule has 0 radical (unpaired) electrons. The summed E-state index contributed by atoms with van der Waals surface area (Å²) in [6.45, 7) is 8.81. The van der Waals surface area contributed by atoms with Crippen LogP contribution < -0.4 is 0 Å². The predicted octanol–water partition coefficient (Wildman–Crippen LogP) is 4.40. The molecule has 1 aliphatic heterocycles. The van der Waals surface area contributed by atoms with E-state index in [1.807, 2.05) is 25.1 Å². The van der Waals surface area contributed by atoms with Crippen LogP contribution in [0.5, 0.6) is 0 Å². The van der Waals surface area contributed by atoms with Gasteiger partial charge in [0.25, 0.3) is 5.95 Å². The molecule has 1 heterocycles. The van der Waals surface area contributed by atoms with Crippen LogP contribution in [-0.4, -0.2) is 8.07 Å². The van der Waals surface area contributed by atoms with Gasteiger partial charge in [-0.3, -0.25) is 0 Å². The van der Waals surface area contributed by atoms with Crippen molar-refractivity contribution in [1.82, 2.24) is 0 Å². The van der Waals surface area contributed by atoms with Crippen LogP contribution in [0, 0.1) is 0 Å². The number of rotatable bonds is 2. The van der Waals surface area contributed by atoms with E-state index in [1.54, 1.807) is 6.26 Å². The minimum Gasteiger partial charge on any atom is -0.453 e. The van der Waals surface area contributed by atoms with Crippen LogP contribution in [0.3, 0.4) is 0 Å². The molecule has 0 spiro atoms. The lowest BCUT2D eigenvalue weighted by Gasteiger charge is -2.26. The molecule has 2 rings (SSSR count). The molecule has 1 aromatic carbocycles. The smallest absolute Gasteiger partial charge is 0.276 e. The molecule has 0 saturated heterocycles. The average Bonchev–Trinajstić information content (AvgIpc) is 2.31. The Morgan fingerprint density at radius 3 is 2.39 bits per heavy atom. The zero-order valence-corrected chi connectivity index (χ0v) is 12.4. The summed E-state index contributed by atoms with van der Waals surface area (Å²) in [5.41, 5.74) is 4.40. The molecule has 0 aliphatic carbocycles. The zero-order chi connectivity index (χ0) is 13.2. The molecule has 0 N–H and O–H groups in total. The summed E-state index contributed by atoms with van der Waals surface area (Å²) in [6.07, 6.45) is 1.77. The van der Waals surface area contributed by atoms with Crippen molar-refractivity contribution in [3.05, 3.63) is 59.4 Å². The summed E-state index contributed by atoms with van der Waals surface area (Å²) in [5, 5.41) is 0. The van der Waals surface area contributed by atoms with E-state index in [4.69, 9.17) is 9.47 Å². The van der Waals surface area contributed by atoms with Gasteiger partial charge in [0.05, 0.1) is 14.3 Å². The Balaban J connectivity index is 2.25. The maximum absolute atomic E-state index is 5.97. The predicted molar refractivity (Wildman–Crippen MR) is 76.5 cm³/mol. The van der Waals surface area contributed by atoms with Crippen molar-refractivity contribution in [2.24, 2.45) is 0 Å². The number of ether oxygens (including phenoxy) is 2. The molecule has 1 aromatic rings. The fraction of sp³-hybridized carbons (Fsp3) is 0.333. The van der Waals surface area contributed by atoms with Crippen molar-refractivity contribution in [1.29, 1.82) is 0 Å². The Morgan fingerprint density at radius 2 is 1.78 bits per heavy atom. The lowest BCUT2D eigenvalue weighted by atomic mass is 10.0. The Bertz CT molecular complexity index is 469. The SMILES string of the molecule is CC1=CO/C(=C\[Si](C)(C)C)OC1c1ccccc1. The third kappa shape index (κ3) is 3.26. The molecule has 0 amide bonds. The highest BCUT2D eigenvalue weighted by molar-refractivity contribution is 6.81. The van der Waals surface area contributed by atoms with Crippen LogP contribution in [0.15, 0.2) is 53.8 Å². The van der Waals surface area contributed by atoms with Crippen molar-refractivity contribution in [2.45, 2.75) is 32.7 Å². The molecule has 18 heavy (non-hydrogen) atoms. The molecule has 3 heteroatoms. The van der Waals surface area contributed by atoms with Crippen LogP contribution in [-0.2, 0) is 9.47 Å². The minimum atomic E-state index is -1.34. The summed E-state index contributed by atoms with van der Waals surface area (Å²) in [4.78, 5) is 0. The van der Waals surface area contributed by atoms with Crippen molar-refractivity contribution >= 4 is 8.07 Å². The highest BCUT2D eigenvalue weighted by Crippen LogP contribution is 2.32. The first-order valence-electron chi connectivity index (χ1n) is 6.23. The second-order valence-corrected chi connectivity index (χ2v) is 10.7. The molecule has 2 nitrogen and oxygen atoms in total. The van der Waals surface area contributed by atoms with Crippen LogP contribution in [0.4, 0.5) is 0 Å². The van der Waals surface area contributed by atoms with Crippen molar-refractivity contribution < 1.29 is 9.47 Å². The summed E-state index contributed by atoms with van der Waals surface area (Å²) in [7, 11) is -1.34. The third-order valence-corrected chi connectivity index (χ3v) is 3.76. The maximum atomic E-state index is 5.97. The van der Waals surface area contributed by atoms with Crippen LogP contribution in [0.2, 0.25) is 19.6 Å². The summed E-state index contributed by atoms with van der Waals surface area (Å²) < 4.78 is 11.5. The molecule has 0 fully saturated rings. The quantitative estimate of drug-likeness (QED) is 0.734. The fourth-order valence-electron chi connectivity index (χ4n) is 1.83. The Hall–Kier alpha value is -1.48. The Morgan fingerprint density at radius 1 is 1.11 bits per heavy atom. The van der Waals surface area contributed by atoms with E-state index < -0.39 is 8.07 Å². The van der Waals surface area contributed by atoms with Gasteiger partial charge in [-0.2, -0.15) is 0 Å². The van der Waals surface area contributed by atoms with E-state index >= 15 is 0 Å². The molecule has 1 atom stereocenters. The molecular formula is C15H20O2Si. The minimum absolute atomic E-state index is 0.0254. The molecule has 1 unspecified atom stereocenters. The van der Waals surface area contributed by atoms with Gasteiger partial charge in [0.2, 0.25) is 0 Å². The molecule has 1 aliphatic rings. The van der Waals surface area contributed by atoms with Gasteiger partial charge in [-0.25, -0.2) is 0 Å². The van der Waals surface area contributed by atoms with E-state index in [1.165, 1.54) is 0 Å². The summed E-state index contributed by atoms with van der Waals surface area (Å²) in [6, 6.07) is 10.2. The van der Waals surface area contributed by atoms with E-state index in [2.05, 4.69) is 37.5 Å². The van der Waals surface area contributed by atoms with Gasteiger partial charge in [-0.05, 0) is 18.2 Å². The highest BCUT2D eigenvalue weighted by Gasteiger charge is 2.23. The molecule has 96 valence electrons. The van der Waals surface area contributed by atoms with E-state index in [9.17, 15) is 0 Å². The molecule has 0 saturated carbocycles. The number of hydrogen-bond donors (Lipinski definition) is 0. The topological polar surface area (TPSA) is 18.5 Å². The standard InChI is InChI=1S/C15H20O2Si/c1-12-10-16-14(11-18(2,3)4)17-15(12)13-8-6-5-7-9-13/h5-11,15H,1-4H3/b14-11+. The maximum Gasteiger partial charge on any atom is 0.276 e. The lowest BCUT2D eigenvalue weighted by Crippen LogP contribution is -2.20. The normalized spacial score (nSPS) is 22.1. The van der Waals surface area contributed by atoms with Gasteiger partial charge in [0.15, 0.2) is 6.10 Å². The van der Waals surface area contributed by atoms with Gasteiger partial charge < -0.3 is 9.47 Å². The second-order valence-electron chi connectivity index (χ2n) is 5.72. The second kappa shape index (κ2) is 5.02. The van der Waals surface area contributed by atoms with E-state index in [0.29, 0.717) is 5.95 Å². The van der Waals surface area contributed by atoms with E-state index in [0.717, 1.165) is 11.1 Å². The first kappa shape index (κ1) is 13.0. The van der Waals surface area contributed by atoms with Crippen molar-refractivity contribution in [3.63, 3.8) is 0 Å². The largest absolute Gasteiger partial charge is 0.453 e. The highest BCUT2D eigenvalue weighted by atomic mass is 28.3. The number of benzene rings is 1. The first-order chi connectivity index (χ1) is 8.46. The van der Waals surface area contributed by atoms with E-state index in [-0.39, 0.29) is 6.10 Å². The van der Waals surface area contributed by atoms with Gasteiger partial charge in [-0.15, -0.1) is 0 Å². The third-order valence-electron chi connectivity index (χ3n) is 2.66. The average molecular weight is 260 g/mol. The van der Waals surface area contributed by atoms with Crippen LogP contribution in [0.1, 0.15) is 18.6 Å². The zero-order valence-electron chi connectivity index (χ0n) is 11.4. The first-order valence-corrected chi connectivity index (χ1v) is 9.81. The van der Waals surface area contributed by atoms with Gasteiger partial charge in [0.1, 0.15) is 0 Å². The van der Waals surface area contributed by atoms with Crippen LogP contribution >= 0.6 is 0 Å². The molecular weight excluding hydrogens is 240 g/mol. The molecule has 0 bridgehead atoms. The fourth-order valence-corrected chi connectivity index (χ4v) is 2.67. The van der Waals surface area contributed by atoms with Gasteiger partial charge >= 0.3 is 0 Å². The Kier molecular flexibility index (Phi) is 3.62.